The summed E-state index contributed by atoms with van der Waals surface area (Å²) in [5.41, 5.74) is 5.97. The highest BCUT2D eigenvalue weighted by atomic mass is 32.2. The zero-order valence-corrected chi connectivity index (χ0v) is 13.0. The summed E-state index contributed by atoms with van der Waals surface area (Å²) in [6, 6.07) is 0. The standard InChI is InChI=1S/C11H18OS.C4H8N2/c1-5-7-10(6-2)11(12-3)8-9-13-4;1-2-3-6-4-5/h5-7,11H,1-2,8-9H2,3-4H3;2-4H,1H3,(H2,5,6)/b10-7+;3-2-. The lowest BCUT2D eigenvalue weighted by atomic mass is 10.1. The molecule has 0 aromatic rings. The molecule has 0 saturated carbocycles. The molecule has 0 aliphatic heterocycles. The smallest absolute Gasteiger partial charge is 0.0852 e. The highest BCUT2D eigenvalue weighted by molar-refractivity contribution is 7.98. The maximum atomic E-state index is 5.36. The Kier molecular flexibility index (Phi) is 17.7. The highest BCUT2D eigenvalue weighted by Gasteiger charge is 2.08. The van der Waals surface area contributed by atoms with Crippen molar-refractivity contribution < 1.29 is 4.74 Å². The third kappa shape index (κ3) is 13.0. The molecule has 0 amide bonds. The van der Waals surface area contributed by atoms with Crippen molar-refractivity contribution in [2.24, 2.45) is 10.7 Å². The van der Waals surface area contributed by atoms with E-state index in [0.29, 0.717) is 0 Å². The van der Waals surface area contributed by atoms with Gasteiger partial charge in [-0.15, -0.1) is 0 Å². The number of thioether (sulfide) groups is 1. The van der Waals surface area contributed by atoms with E-state index in [1.165, 1.54) is 6.34 Å². The molecular formula is C15H26N2OS. The number of nitrogens with zero attached hydrogens (tertiary/aromatic N) is 1. The SMILES string of the molecule is C/C=C\N=CN.C=C/C=C(\C=C)C(CCSC)OC. The second-order valence-corrected chi connectivity index (χ2v) is 4.38. The van der Waals surface area contributed by atoms with Gasteiger partial charge in [-0.05, 0) is 30.9 Å². The molecule has 4 heteroatoms. The Balaban J connectivity index is 0. The third-order valence-electron chi connectivity index (χ3n) is 2.11. The molecule has 1 unspecified atom stereocenters. The van der Waals surface area contributed by atoms with Gasteiger partial charge >= 0.3 is 0 Å². The number of ether oxygens (including phenoxy) is 1. The molecule has 0 bridgehead atoms. The van der Waals surface area contributed by atoms with Crippen molar-refractivity contribution in [2.45, 2.75) is 19.4 Å². The number of aliphatic imine (C=N–C) groups is 1. The van der Waals surface area contributed by atoms with E-state index in [1.54, 1.807) is 19.4 Å². The van der Waals surface area contributed by atoms with Crippen molar-refractivity contribution in [1.29, 1.82) is 0 Å². The first-order chi connectivity index (χ1) is 9.21. The fraction of sp³-hybridized carbons (Fsp3) is 0.400. The van der Waals surface area contributed by atoms with E-state index in [4.69, 9.17) is 10.5 Å². The lowest BCUT2D eigenvalue weighted by molar-refractivity contribution is 0.132. The van der Waals surface area contributed by atoms with E-state index < -0.39 is 0 Å². The van der Waals surface area contributed by atoms with Crippen LogP contribution in [0.25, 0.3) is 0 Å². The molecule has 19 heavy (non-hydrogen) atoms. The second-order valence-electron chi connectivity index (χ2n) is 3.39. The molecule has 0 fully saturated rings. The van der Waals surface area contributed by atoms with Gasteiger partial charge in [0.15, 0.2) is 0 Å². The van der Waals surface area contributed by atoms with Gasteiger partial charge in [-0.3, -0.25) is 0 Å². The minimum absolute atomic E-state index is 0.156. The van der Waals surface area contributed by atoms with Crippen molar-refractivity contribution in [1.82, 2.24) is 0 Å². The quantitative estimate of drug-likeness (QED) is 0.421. The van der Waals surface area contributed by atoms with Gasteiger partial charge in [-0.1, -0.05) is 37.5 Å². The van der Waals surface area contributed by atoms with Crippen LogP contribution in [0.4, 0.5) is 0 Å². The monoisotopic (exact) mass is 282 g/mol. The maximum Gasteiger partial charge on any atom is 0.0852 e. The van der Waals surface area contributed by atoms with Gasteiger partial charge in [-0.2, -0.15) is 11.8 Å². The molecule has 0 aromatic heterocycles. The first-order valence-electron chi connectivity index (χ1n) is 6.03. The summed E-state index contributed by atoms with van der Waals surface area (Å²) in [7, 11) is 1.73. The Labute approximate surface area is 122 Å². The largest absolute Gasteiger partial charge is 0.390 e. The van der Waals surface area contributed by atoms with Gasteiger partial charge in [-0.25, -0.2) is 4.99 Å². The van der Waals surface area contributed by atoms with Crippen LogP contribution in [-0.2, 0) is 4.74 Å². The first-order valence-corrected chi connectivity index (χ1v) is 7.42. The van der Waals surface area contributed by atoms with Crippen LogP contribution in [0.2, 0.25) is 0 Å². The predicted octanol–water partition coefficient (Wildman–Crippen LogP) is 3.56. The van der Waals surface area contributed by atoms with Crippen molar-refractivity contribution in [2.75, 3.05) is 19.1 Å². The average molecular weight is 282 g/mol. The van der Waals surface area contributed by atoms with Crippen molar-refractivity contribution in [3.8, 4) is 0 Å². The van der Waals surface area contributed by atoms with Crippen LogP contribution in [0.1, 0.15) is 13.3 Å². The van der Waals surface area contributed by atoms with E-state index in [9.17, 15) is 0 Å². The lowest BCUT2D eigenvalue weighted by Crippen LogP contribution is -2.13. The van der Waals surface area contributed by atoms with Crippen LogP contribution in [0.15, 0.2) is 54.2 Å². The molecule has 0 saturated heterocycles. The van der Waals surface area contributed by atoms with Crippen LogP contribution in [0, 0.1) is 0 Å². The molecule has 2 N–H and O–H groups in total. The number of allylic oxidation sites excluding steroid dienone is 3. The van der Waals surface area contributed by atoms with E-state index in [0.717, 1.165) is 17.7 Å². The normalized spacial score (nSPS) is 13.1. The van der Waals surface area contributed by atoms with Gasteiger partial charge < -0.3 is 10.5 Å². The van der Waals surface area contributed by atoms with Crippen LogP contribution in [-0.4, -0.2) is 31.6 Å². The first kappa shape index (κ1) is 20.1. The van der Waals surface area contributed by atoms with E-state index >= 15 is 0 Å². The fourth-order valence-corrected chi connectivity index (χ4v) is 1.67. The van der Waals surface area contributed by atoms with E-state index in [2.05, 4.69) is 24.4 Å². The molecule has 108 valence electrons. The highest BCUT2D eigenvalue weighted by Crippen LogP contribution is 2.13. The van der Waals surface area contributed by atoms with Gasteiger partial charge in [0.1, 0.15) is 0 Å². The number of hydrogen-bond acceptors (Lipinski definition) is 3. The summed E-state index contributed by atoms with van der Waals surface area (Å²) < 4.78 is 5.36. The maximum absolute atomic E-state index is 5.36. The minimum Gasteiger partial charge on any atom is -0.390 e. The second kappa shape index (κ2) is 16.7. The molecule has 3 nitrogen and oxygen atoms in total. The zero-order chi connectivity index (χ0) is 14.9. The van der Waals surface area contributed by atoms with Gasteiger partial charge in [0.2, 0.25) is 0 Å². The molecule has 0 aliphatic rings. The number of hydrogen-bond donors (Lipinski definition) is 1. The lowest BCUT2D eigenvalue weighted by Gasteiger charge is -2.15. The molecular weight excluding hydrogens is 256 g/mol. The van der Waals surface area contributed by atoms with Crippen molar-refractivity contribution in [3.05, 3.63) is 49.2 Å². The molecule has 0 spiro atoms. The van der Waals surface area contributed by atoms with E-state index in [-0.39, 0.29) is 6.10 Å². The summed E-state index contributed by atoms with van der Waals surface area (Å²) in [5, 5.41) is 0. The topological polar surface area (TPSA) is 47.6 Å². The zero-order valence-electron chi connectivity index (χ0n) is 12.2. The Hall–Kier alpha value is -1.26. The van der Waals surface area contributed by atoms with Crippen LogP contribution in [0.5, 0.6) is 0 Å². The van der Waals surface area contributed by atoms with Crippen LogP contribution >= 0.6 is 11.8 Å². The van der Waals surface area contributed by atoms with Crippen LogP contribution in [0.3, 0.4) is 0 Å². The van der Waals surface area contributed by atoms with Gasteiger partial charge in [0.05, 0.1) is 12.4 Å². The third-order valence-corrected chi connectivity index (χ3v) is 2.75. The van der Waals surface area contributed by atoms with Crippen LogP contribution < -0.4 is 5.73 Å². The van der Waals surface area contributed by atoms with E-state index in [1.807, 2.05) is 36.9 Å². The molecule has 0 aromatic carbocycles. The molecule has 0 aliphatic carbocycles. The van der Waals surface area contributed by atoms with Gasteiger partial charge in [0, 0.05) is 13.3 Å². The van der Waals surface area contributed by atoms with Crippen molar-refractivity contribution in [3.63, 3.8) is 0 Å². The fourth-order valence-electron chi connectivity index (χ4n) is 1.22. The minimum atomic E-state index is 0.156. The molecule has 0 heterocycles. The Morgan fingerprint density at radius 2 is 2.16 bits per heavy atom. The Bertz CT molecular complexity index is 299. The number of nitrogens with two attached hydrogens (primary N) is 1. The molecule has 0 radical (unpaired) electrons. The molecule has 1 atom stereocenters. The summed E-state index contributed by atoms with van der Waals surface area (Å²) in [4.78, 5) is 3.56. The Morgan fingerprint density at radius 3 is 2.47 bits per heavy atom. The summed E-state index contributed by atoms with van der Waals surface area (Å²) in [5.74, 6) is 1.10. The summed E-state index contributed by atoms with van der Waals surface area (Å²) >= 11 is 1.82. The number of rotatable bonds is 8. The average Bonchev–Trinajstić information content (AvgIpc) is 2.45. The summed E-state index contributed by atoms with van der Waals surface area (Å²) in [6.07, 6.45) is 13.5. The predicted molar refractivity (Wildman–Crippen MR) is 89.8 cm³/mol. The number of methoxy groups -OCH3 is 1. The summed E-state index contributed by atoms with van der Waals surface area (Å²) in [6.45, 7) is 9.30. The Morgan fingerprint density at radius 1 is 1.47 bits per heavy atom. The van der Waals surface area contributed by atoms with Gasteiger partial charge in [0.25, 0.3) is 0 Å². The molecule has 0 rings (SSSR count). The van der Waals surface area contributed by atoms with Crippen molar-refractivity contribution >= 4 is 18.1 Å².